The quantitative estimate of drug-likeness (QED) is 0.626. The van der Waals surface area contributed by atoms with Crippen LogP contribution >= 0.6 is 0 Å². The van der Waals surface area contributed by atoms with Crippen molar-refractivity contribution in [2.24, 2.45) is 0 Å². The standard InChI is InChI=1S/C18H20O3/c19-12-5-4-7-15-10-6-11-17(13-15)18(20)21-14-16-8-2-1-3-9-16/h1-3,6,8-11,13,19H,4-5,7,12,14H2. The van der Waals surface area contributed by atoms with Gasteiger partial charge in [-0.2, -0.15) is 0 Å². The molecule has 0 heterocycles. The van der Waals surface area contributed by atoms with Crippen LogP contribution in [0.1, 0.15) is 34.3 Å². The van der Waals surface area contributed by atoms with Gasteiger partial charge in [-0.1, -0.05) is 42.5 Å². The summed E-state index contributed by atoms with van der Waals surface area (Å²) in [5.74, 6) is -0.303. The van der Waals surface area contributed by atoms with E-state index < -0.39 is 0 Å². The van der Waals surface area contributed by atoms with E-state index in [4.69, 9.17) is 9.84 Å². The van der Waals surface area contributed by atoms with Crippen LogP contribution in [0.25, 0.3) is 0 Å². The van der Waals surface area contributed by atoms with Crippen LogP contribution in [0, 0.1) is 0 Å². The summed E-state index contributed by atoms with van der Waals surface area (Å²) in [5, 5.41) is 8.79. The Morgan fingerprint density at radius 3 is 2.48 bits per heavy atom. The molecule has 0 spiro atoms. The highest BCUT2D eigenvalue weighted by atomic mass is 16.5. The number of benzene rings is 2. The lowest BCUT2D eigenvalue weighted by Gasteiger charge is -2.07. The molecule has 21 heavy (non-hydrogen) atoms. The molecule has 0 fully saturated rings. The van der Waals surface area contributed by atoms with Gasteiger partial charge in [0.2, 0.25) is 0 Å². The minimum absolute atomic E-state index is 0.207. The van der Waals surface area contributed by atoms with Gasteiger partial charge in [-0.05, 0) is 42.5 Å². The highest BCUT2D eigenvalue weighted by molar-refractivity contribution is 5.89. The van der Waals surface area contributed by atoms with Crippen molar-refractivity contribution in [3.05, 3.63) is 71.3 Å². The molecular formula is C18H20O3. The molecule has 0 bridgehead atoms. The third kappa shape index (κ3) is 5.04. The molecule has 1 N–H and O–H groups in total. The minimum Gasteiger partial charge on any atom is -0.457 e. The largest absolute Gasteiger partial charge is 0.457 e. The van der Waals surface area contributed by atoms with Gasteiger partial charge < -0.3 is 9.84 Å². The molecule has 0 saturated carbocycles. The van der Waals surface area contributed by atoms with E-state index in [1.165, 1.54) is 0 Å². The zero-order valence-electron chi connectivity index (χ0n) is 12.0. The van der Waals surface area contributed by atoms with Crippen LogP contribution in [0.3, 0.4) is 0 Å². The van der Waals surface area contributed by atoms with Crippen LogP contribution in [0.2, 0.25) is 0 Å². The monoisotopic (exact) mass is 284 g/mol. The molecule has 3 heteroatoms. The van der Waals surface area contributed by atoms with Gasteiger partial charge in [0.05, 0.1) is 5.56 Å². The van der Waals surface area contributed by atoms with Gasteiger partial charge in [0.25, 0.3) is 0 Å². The van der Waals surface area contributed by atoms with E-state index in [-0.39, 0.29) is 19.2 Å². The molecule has 0 amide bonds. The lowest BCUT2D eigenvalue weighted by Crippen LogP contribution is -2.05. The van der Waals surface area contributed by atoms with E-state index in [1.807, 2.05) is 48.5 Å². The molecule has 0 aliphatic heterocycles. The topological polar surface area (TPSA) is 46.5 Å². The van der Waals surface area contributed by atoms with Crippen molar-refractivity contribution in [1.82, 2.24) is 0 Å². The molecule has 0 aliphatic rings. The molecule has 0 atom stereocenters. The fourth-order valence-corrected chi connectivity index (χ4v) is 2.10. The number of esters is 1. The Morgan fingerprint density at radius 1 is 0.952 bits per heavy atom. The van der Waals surface area contributed by atoms with Gasteiger partial charge >= 0.3 is 5.97 Å². The van der Waals surface area contributed by atoms with Crippen LogP contribution < -0.4 is 0 Å². The number of rotatable bonds is 7. The molecule has 0 saturated heterocycles. The second kappa shape index (κ2) is 8.22. The van der Waals surface area contributed by atoms with Gasteiger partial charge in [-0.3, -0.25) is 0 Å². The normalized spacial score (nSPS) is 10.3. The van der Waals surface area contributed by atoms with Gasteiger partial charge in [-0.25, -0.2) is 4.79 Å². The van der Waals surface area contributed by atoms with Crippen LogP contribution in [0.5, 0.6) is 0 Å². The van der Waals surface area contributed by atoms with Crippen molar-refractivity contribution in [3.63, 3.8) is 0 Å². The molecule has 0 radical (unpaired) electrons. The summed E-state index contributed by atoms with van der Waals surface area (Å²) in [6, 6.07) is 17.1. The van der Waals surface area contributed by atoms with Crippen molar-refractivity contribution in [2.75, 3.05) is 6.61 Å². The fourth-order valence-electron chi connectivity index (χ4n) is 2.10. The van der Waals surface area contributed by atoms with Crippen molar-refractivity contribution >= 4 is 5.97 Å². The summed E-state index contributed by atoms with van der Waals surface area (Å²) in [5.41, 5.74) is 2.65. The van der Waals surface area contributed by atoms with Gasteiger partial charge in [0, 0.05) is 6.61 Å². The zero-order valence-corrected chi connectivity index (χ0v) is 12.0. The molecule has 0 aliphatic carbocycles. The fraction of sp³-hybridized carbons (Fsp3) is 0.278. The van der Waals surface area contributed by atoms with Crippen LogP contribution in [0.4, 0.5) is 0 Å². The molecular weight excluding hydrogens is 264 g/mol. The highest BCUT2D eigenvalue weighted by Crippen LogP contribution is 2.11. The first kappa shape index (κ1) is 15.3. The lowest BCUT2D eigenvalue weighted by molar-refractivity contribution is 0.0472. The number of ether oxygens (including phenoxy) is 1. The summed E-state index contributed by atoms with van der Waals surface area (Å²) in [4.78, 5) is 12.0. The second-order valence-electron chi connectivity index (χ2n) is 4.94. The summed E-state index contributed by atoms with van der Waals surface area (Å²) >= 11 is 0. The Labute approximate surface area is 125 Å². The molecule has 3 nitrogen and oxygen atoms in total. The molecule has 0 unspecified atom stereocenters. The van der Waals surface area contributed by atoms with Gasteiger partial charge in [-0.15, -0.1) is 0 Å². The zero-order chi connectivity index (χ0) is 14.9. The first-order chi connectivity index (χ1) is 10.3. The molecule has 0 aromatic heterocycles. The summed E-state index contributed by atoms with van der Waals surface area (Å²) in [6.45, 7) is 0.493. The van der Waals surface area contributed by atoms with Crippen molar-refractivity contribution < 1.29 is 14.6 Å². The molecule has 2 rings (SSSR count). The Hall–Kier alpha value is -2.13. The summed E-state index contributed by atoms with van der Waals surface area (Å²) in [6.07, 6.45) is 2.56. The van der Waals surface area contributed by atoms with Crippen LogP contribution in [-0.4, -0.2) is 17.7 Å². The predicted octanol–water partition coefficient (Wildman–Crippen LogP) is 3.36. The highest BCUT2D eigenvalue weighted by Gasteiger charge is 2.08. The number of carbonyl (C=O) groups is 1. The number of aliphatic hydroxyl groups excluding tert-OH is 1. The maximum Gasteiger partial charge on any atom is 0.338 e. The van der Waals surface area contributed by atoms with Gasteiger partial charge in [0.15, 0.2) is 0 Å². The summed E-state index contributed by atoms with van der Waals surface area (Å²) < 4.78 is 5.32. The average Bonchev–Trinajstić information content (AvgIpc) is 2.54. The number of aliphatic hydroxyl groups is 1. The van der Waals surface area contributed by atoms with E-state index in [9.17, 15) is 4.79 Å². The van der Waals surface area contributed by atoms with E-state index in [0.717, 1.165) is 30.4 Å². The number of carbonyl (C=O) groups excluding carboxylic acids is 1. The van der Waals surface area contributed by atoms with E-state index in [1.54, 1.807) is 6.07 Å². The third-order valence-corrected chi connectivity index (χ3v) is 3.25. The summed E-state index contributed by atoms with van der Waals surface area (Å²) in [7, 11) is 0. The van der Waals surface area contributed by atoms with Crippen LogP contribution in [0.15, 0.2) is 54.6 Å². The SMILES string of the molecule is O=C(OCc1ccccc1)c1cccc(CCCCO)c1. The minimum atomic E-state index is -0.303. The Kier molecular flexibility index (Phi) is 5.98. The first-order valence-corrected chi connectivity index (χ1v) is 7.20. The number of unbranched alkanes of at least 4 members (excludes halogenated alkanes) is 1. The van der Waals surface area contributed by atoms with Crippen molar-refractivity contribution in [1.29, 1.82) is 0 Å². The Morgan fingerprint density at radius 2 is 1.71 bits per heavy atom. The number of hydrogen-bond acceptors (Lipinski definition) is 3. The van der Waals surface area contributed by atoms with Crippen molar-refractivity contribution in [2.45, 2.75) is 25.9 Å². The van der Waals surface area contributed by atoms with Gasteiger partial charge in [0.1, 0.15) is 6.61 Å². The predicted molar refractivity (Wildman–Crippen MR) is 82.0 cm³/mol. The maximum absolute atomic E-state index is 12.0. The van der Waals surface area contributed by atoms with E-state index in [2.05, 4.69) is 0 Å². The molecule has 2 aromatic carbocycles. The lowest BCUT2D eigenvalue weighted by atomic mass is 10.1. The Bertz CT molecular complexity index is 564. The van der Waals surface area contributed by atoms with Crippen LogP contribution in [-0.2, 0) is 17.8 Å². The van der Waals surface area contributed by atoms with E-state index >= 15 is 0 Å². The average molecular weight is 284 g/mol. The first-order valence-electron chi connectivity index (χ1n) is 7.20. The van der Waals surface area contributed by atoms with Crippen molar-refractivity contribution in [3.8, 4) is 0 Å². The second-order valence-corrected chi connectivity index (χ2v) is 4.94. The Balaban J connectivity index is 1.91. The number of hydrogen-bond donors (Lipinski definition) is 1. The smallest absolute Gasteiger partial charge is 0.338 e. The third-order valence-electron chi connectivity index (χ3n) is 3.25. The maximum atomic E-state index is 12.0. The van der Waals surface area contributed by atoms with E-state index in [0.29, 0.717) is 5.56 Å². The molecule has 110 valence electrons. The number of aryl methyl sites for hydroxylation is 1. The molecule has 2 aromatic rings.